The number of halogens is 1. The Hall–Kier alpha value is -2.21. The van der Waals surface area contributed by atoms with Crippen LogP contribution in [0.5, 0.6) is 0 Å². The Bertz CT molecular complexity index is 707. The van der Waals surface area contributed by atoms with Crippen LogP contribution in [0.15, 0.2) is 30.3 Å². The second-order valence-corrected chi connectivity index (χ2v) is 6.68. The molecule has 5 nitrogen and oxygen atoms in total. The lowest BCUT2D eigenvalue weighted by Crippen LogP contribution is -2.44. The average Bonchev–Trinajstić information content (AvgIpc) is 3.06. The number of aryl methyl sites for hydroxylation is 1. The summed E-state index contributed by atoms with van der Waals surface area (Å²) in [5.74, 6) is -0.303. The van der Waals surface area contributed by atoms with Crippen LogP contribution in [-0.4, -0.2) is 40.1 Å². The van der Waals surface area contributed by atoms with Gasteiger partial charge in [0.05, 0.1) is 0 Å². The third-order valence-electron chi connectivity index (χ3n) is 4.60. The number of amides is 1. The standard InChI is InChI=1S/C19H25FN4O/c1-2-4-17-12-18(23-22-17)19(25)21-16-7-9-24(10-8-16)13-14-5-3-6-15(20)11-14/h3,5-6,11-12,16H,2,4,7-10,13H2,1H3,(H,21,25)(H,22,23). The van der Waals surface area contributed by atoms with Crippen LogP contribution in [0.1, 0.15) is 47.9 Å². The van der Waals surface area contributed by atoms with E-state index in [1.165, 1.54) is 6.07 Å². The quantitative estimate of drug-likeness (QED) is 0.847. The van der Waals surface area contributed by atoms with Crippen LogP contribution in [0, 0.1) is 5.82 Å². The van der Waals surface area contributed by atoms with Gasteiger partial charge >= 0.3 is 0 Å². The van der Waals surface area contributed by atoms with Gasteiger partial charge in [0.25, 0.3) is 5.91 Å². The second-order valence-electron chi connectivity index (χ2n) is 6.68. The number of aromatic nitrogens is 2. The predicted octanol–water partition coefficient (Wildman–Crippen LogP) is 2.90. The summed E-state index contributed by atoms with van der Waals surface area (Å²) in [6, 6.07) is 8.74. The first-order valence-corrected chi connectivity index (χ1v) is 8.96. The van der Waals surface area contributed by atoms with Gasteiger partial charge in [0.1, 0.15) is 11.5 Å². The zero-order chi connectivity index (χ0) is 17.6. The first-order chi connectivity index (χ1) is 12.1. The van der Waals surface area contributed by atoms with Crippen LogP contribution in [-0.2, 0) is 13.0 Å². The fraction of sp³-hybridized carbons (Fsp3) is 0.474. The van der Waals surface area contributed by atoms with Gasteiger partial charge in [0.15, 0.2) is 0 Å². The topological polar surface area (TPSA) is 61.0 Å². The van der Waals surface area contributed by atoms with Crippen LogP contribution in [0.2, 0.25) is 0 Å². The Labute approximate surface area is 147 Å². The van der Waals surface area contributed by atoms with Crippen molar-refractivity contribution < 1.29 is 9.18 Å². The van der Waals surface area contributed by atoms with Crippen molar-refractivity contribution in [1.29, 1.82) is 0 Å². The van der Waals surface area contributed by atoms with Gasteiger partial charge in [0.2, 0.25) is 0 Å². The Morgan fingerprint density at radius 3 is 2.88 bits per heavy atom. The zero-order valence-corrected chi connectivity index (χ0v) is 14.6. The molecule has 2 N–H and O–H groups in total. The van der Waals surface area contributed by atoms with Crippen molar-refractivity contribution in [3.05, 3.63) is 53.1 Å². The highest BCUT2D eigenvalue weighted by Crippen LogP contribution is 2.15. The van der Waals surface area contributed by atoms with Gasteiger partial charge in [-0.3, -0.25) is 14.8 Å². The van der Waals surface area contributed by atoms with E-state index in [2.05, 4.69) is 27.3 Å². The van der Waals surface area contributed by atoms with E-state index in [4.69, 9.17) is 0 Å². The average molecular weight is 344 g/mol. The molecule has 0 atom stereocenters. The molecule has 0 spiro atoms. The van der Waals surface area contributed by atoms with Crippen LogP contribution >= 0.6 is 0 Å². The Balaban J connectivity index is 1.46. The van der Waals surface area contributed by atoms with Crippen molar-refractivity contribution in [2.24, 2.45) is 0 Å². The smallest absolute Gasteiger partial charge is 0.271 e. The molecule has 1 aliphatic rings. The van der Waals surface area contributed by atoms with Gasteiger partial charge in [-0.1, -0.05) is 25.5 Å². The lowest BCUT2D eigenvalue weighted by molar-refractivity contribution is 0.0904. The number of nitrogens with one attached hydrogen (secondary N) is 2. The summed E-state index contributed by atoms with van der Waals surface area (Å²) in [4.78, 5) is 14.6. The molecule has 25 heavy (non-hydrogen) atoms. The fourth-order valence-electron chi connectivity index (χ4n) is 3.26. The molecule has 2 heterocycles. The molecule has 0 bridgehead atoms. The van der Waals surface area contributed by atoms with E-state index in [1.807, 2.05) is 12.1 Å². The highest BCUT2D eigenvalue weighted by molar-refractivity contribution is 5.92. The van der Waals surface area contributed by atoms with Gasteiger partial charge in [-0.25, -0.2) is 4.39 Å². The maximum absolute atomic E-state index is 13.3. The number of carbonyl (C=O) groups excluding carboxylic acids is 1. The van der Waals surface area contributed by atoms with Gasteiger partial charge in [-0.05, 0) is 43.0 Å². The van der Waals surface area contributed by atoms with Crippen molar-refractivity contribution in [2.45, 2.75) is 45.2 Å². The largest absolute Gasteiger partial charge is 0.348 e. The number of aromatic amines is 1. The Kier molecular flexibility index (Phi) is 5.81. The number of hydrogen-bond acceptors (Lipinski definition) is 3. The van der Waals surface area contributed by atoms with Gasteiger partial charge in [0, 0.05) is 31.4 Å². The number of carbonyl (C=O) groups is 1. The number of rotatable bonds is 6. The number of H-pyrrole nitrogens is 1. The van der Waals surface area contributed by atoms with E-state index in [-0.39, 0.29) is 17.8 Å². The maximum atomic E-state index is 13.3. The summed E-state index contributed by atoms with van der Waals surface area (Å²) in [7, 11) is 0. The lowest BCUT2D eigenvalue weighted by Gasteiger charge is -2.32. The number of hydrogen-bond donors (Lipinski definition) is 2. The summed E-state index contributed by atoms with van der Waals surface area (Å²) in [6.45, 7) is 4.63. The Morgan fingerprint density at radius 1 is 1.36 bits per heavy atom. The summed E-state index contributed by atoms with van der Waals surface area (Å²) in [5.41, 5.74) is 2.45. The second kappa shape index (κ2) is 8.25. The van der Waals surface area contributed by atoms with Crippen LogP contribution < -0.4 is 5.32 Å². The van der Waals surface area contributed by atoms with E-state index in [1.54, 1.807) is 12.1 Å². The number of piperidine rings is 1. The van der Waals surface area contributed by atoms with E-state index >= 15 is 0 Å². The summed E-state index contributed by atoms with van der Waals surface area (Å²) < 4.78 is 13.3. The van der Waals surface area contributed by atoms with Crippen molar-refractivity contribution in [2.75, 3.05) is 13.1 Å². The summed E-state index contributed by atoms with van der Waals surface area (Å²) in [5, 5.41) is 10.1. The van der Waals surface area contributed by atoms with Crippen molar-refractivity contribution >= 4 is 5.91 Å². The van der Waals surface area contributed by atoms with Crippen molar-refractivity contribution in [1.82, 2.24) is 20.4 Å². The minimum Gasteiger partial charge on any atom is -0.348 e. The third kappa shape index (κ3) is 4.89. The minimum atomic E-state index is -0.193. The highest BCUT2D eigenvalue weighted by Gasteiger charge is 2.22. The molecule has 1 amide bonds. The molecule has 134 valence electrons. The number of nitrogens with zero attached hydrogens (tertiary/aromatic N) is 2. The number of likely N-dealkylation sites (tertiary alicyclic amines) is 1. The van der Waals surface area contributed by atoms with Crippen LogP contribution in [0.3, 0.4) is 0 Å². The molecule has 3 rings (SSSR count). The minimum absolute atomic E-state index is 0.109. The van der Waals surface area contributed by atoms with Crippen LogP contribution in [0.4, 0.5) is 4.39 Å². The molecular formula is C19H25FN4O. The lowest BCUT2D eigenvalue weighted by atomic mass is 10.0. The fourth-order valence-corrected chi connectivity index (χ4v) is 3.26. The molecule has 0 saturated carbocycles. The summed E-state index contributed by atoms with van der Waals surface area (Å²) >= 11 is 0. The zero-order valence-electron chi connectivity index (χ0n) is 14.6. The van der Waals surface area contributed by atoms with Gasteiger partial charge < -0.3 is 5.32 Å². The first-order valence-electron chi connectivity index (χ1n) is 8.96. The molecule has 0 radical (unpaired) electrons. The molecule has 2 aromatic rings. The van der Waals surface area contributed by atoms with Crippen molar-refractivity contribution in [3.8, 4) is 0 Å². The molecule has 1 aromatic heterocycles. The normalized spacial score (nSPS) is 16.1. The Morgan fingerprint density at radius 2 is 2.16 bits per heavy atom. The highest BCUT2D eigenvalue weighted by atomic mass is 19.1. The third-order valence-corrected chi connectivity index (χ3v) is 4.60. The van der Waals surface area contributed by atoms with Crippen molar-refractivity contribution in [3.63, 3.8) is 0 Å². The van der Waals surface area contributed by atoms with Gasteiger partial charge in [-0.2, -0.15) is 5.10 Å². The molecule has 0 aliphatic carbocycles. The molecule has 1 aromatic carbocycles. The molecular weight excluding hydrogens is 319 g/mol. The van der Waals surface area contributed by atoms with E-state index < -0.39 is 0 Å². The number of benzene rings is 1. The molecule has 1 fully saturated rings. The predicted molar refractivity (Wildman–Crippen MR) is 94.7 cm³/mol. The molecule has 6 heteroatoms. The van der Waals surface area contributed by atoms with E-state index in [0.29, 0.717) is 5.69 Å². The SMILES string of the molecule is CCCc1cc(C(=O)NC2CCN(Cc3cccc(F)c3)CC2)n[nH]1. The maximum Gasteiger partial charge on any atom is 0.271 e. The molecule has 0 unspecified atom stereocenters. The van der Waals surface area contributed by atoms with E-state index in [0.717, 1.165) is 56.6 Å². The summed E-state index contributed by atoms with van der Waals surface area (Å²) in [6.07, 6.45) is 3.71. The van der Waals surface area contributed by atoms with Crippen LogP contribution in [0.25, 0.3) is 0 Å². The molecule has 1 aliphatic heterocycles. The monoisotopic (exact) mass is 344 g/mol. The molecule has 1 saturated heterocycles. The van der Waals surface area contributed by atoms with E-state index in [9.17, 15) is 9.18 Å². The van der Waals surface area contributed by atoms with Gasteiger partial charge in [-0.15, -0.1) is 0 Å². The first kappa shape index (κ1) is 17.6.